The molecular formula is C5H5F3O2S. The second-order valence-corrected chi connectivity index (χ2v) is 4.24. The molecule has 0 radical (unpaired) electrons. The average molecular weight is 186 g/mol. The topological polar surface area (TPSA) is 34.1 Å². The van der Waals surface area contributed by atoms with Crippen molar-refractivity contribution in [2.75, 3.05) is 5.75 Å². The van der Waals surface area contributed by atoms with Crippen LogP contribution >= 0.6 is 0 Å². The van der Waals surface area contributed by atoms with Gasteiger partial charge in [0.05, 0.1) is 11.7 Å². The minimum Gasteiger partial charge on any atom is -0.224 e. The minimum absolute atomic E-state index is 0.616. The Hall–Kier alpha value is -0.520. The zero-order valence-electron chi connectivity index (χ0n) is 5.30. The molecule has 0 aromatic heterocycles. The molecule has 0 aromatic rings. The first-order valence-electron chi connectivity index (χ1n) is 2.79. The lowest BCUT2D eigenvalue weighted by Gasteiger charge is -2.10. The Morgan fingerprint density at radius 2 is 1.91 bits per heavy atom. The summed E-state index contributed by atoms with van der Waals surface area (Å²) >= 11 is 0. The van der Waals surface area contributed by atoms with Gasteiger partial charge in [0.2, 0.25) is 0 Å². The van der Waals surface area contributed by atoms with Gasteiger partial charge in [0.15, 0.2) is 9.84 Å². The fourth-order valence-electron chi connectivity index (χ4n) is 0.780. The highest BCUT2D eigenvalue weighted by atomic mass is 32.2. The molecule has 1 rings (SSSR count). The van der Waals surface area contributed by atoms with E-state index in [1.54, 1.807) is 0 Å². The molecule has 11 heavy (non-hydrogen) atoms. The van der Waals surface area contributed by atoms with Crippen LogP contribution in [0.15, 0.2) is 11.5 Å². The molecule has 2 nitrogen and oxygen atoms in total. The van der Waals surface area contributed by atoms with E-state index in [2.05, 4.69) is 0 Å². The van der Waals surface area contributed by atoms with E-state index < -0.39 is 27.7 Å². The summed E-state index contributed by atoms with van der Waals surface area (Å²) in [6, 6.07) is 0. The molecule has 64 valence electrons. The van der Waals surface area contributed by atoms with E-state index in [0.29, 0.717) is 11.5 Å². The number of hydrogen-bond donors (Lipinski definition) is 0. The Morgan fingerprint density at radius 1 is 1.36 bits per heavy atom. The maximum Gasteiger partial charge on any atom is 0.396 e. The van der Waals surface area contributed by atoms with Gasteiger partial charge in [-0.2, -0.15) is 13.2 Å². The monoisotopic (exact) mass is 186 g/mol. The fraction of sp³-hybridized carbons (Fsp3) is 0.600. The molecule has 0 aromatic carbocycles. The molecule has 0 spiro atoms. The summed E-state index contributed by atoms with van der Waals surface area (Å²) in [5.41, 5.74) is 0. The van der Waals surface area contributed by atoms with E-state index >= 15 is 0 Å². The Labute approximate surface area is 61.6 Å². The molecule has 1 atom stereocenters. The van der Waals surface area contributed by atoms with Crippen molar-refractivity contribution in [2.45, 2.75) is 6.18 Å². The zero-order valence-corrected chi connectivity index (χ0v) is 6.11. The Balaban J connectivity index is 2.81. The van der Waals surface area contributed by atoms with E-state index in [-0.39, 0.29) is 0 Å². The molecule has 1 heterocycles. The Kier molecular flexibility index (Phi) is 1.74. The molecule has 0 amide bonds. The van der Waals surface area contributed by atoms with Crippen LogP contribution in [-0.4, -0.2) is 20.3 Å². The molecular weight excluding hydrogens is 181 g/mol. The minimum atomic E-state index is -4.43. The van der Waals surface area contributed by atoms with Gasteiger partial charge in [-0.1, -0.05) is 6.08 Å². The summed E-state index contributed by atoms with van der Waals surface area (Å²) in [4.78, 5) is 0. The van der Waals surface area contributed by atoms with E-state index in [1.807, 2.05) is 0 Å². The zero-order chi connectivity index (χ0) is 8.70. The summed E-state index contributed by atoms with van der Waals surface area (Å²) in [5, 5.41) is 0.616. The van der Waals surface area contributed by atoms with Gasteiger partial charge in [-0.15, -0.1) is 0 Å². The number of hydrogen-bond acceptors (Lipinski definition) is 2. The number of allylic oxidation sites excluding steroid dienone is 1. The molecule has 0 aliphatic carbocycles. The lowest BCUT2D eigenvalue weighted by molar-refractivity contribution is -0.154. The lowest BCUT2D eigenvalue weighted by atomic mass is 10.2. The molecule has 1 aliphatic rings. The quantitative estimate of drug-likeness (QED) is 0.567. The van der Waals surface area contributed by atoms with Crippen molar-refractivity contribution in [3.8, 4) is 0 Å². The van der Waals surface area contributed by atoms with Crippen molar-refractivity contribution in [3.63, 3.8) is 0 Å². The fourth-order valence-corrected chi connectivity index (χ4v) is 2.12. The second kappa shape index (κ2) is 2.23. The van der Waals surface area contributed by atoms with E-state index in [9.17, 15) is 21.6 Å². The van der Waals surface area contributed by atoms with Crippen LogP contribution in [0.25, 0.3) is 0 Å². The van der Waals surface area contributed by atoms with Gasteiger partial charge in [0.25, 0.3) is 0 Å². The number of alkyl halides is 3. The SMILES string of the molecule is O=S1(=O)C=CC(C(F)(F)F)C1. The normalized spacial score (nSPS) is 29.2. The van der Waals surface area contributed by atoms with Crippen LogP contribution in [0.2, 0.25) is 0 Å². The molecule has 0 saturated carbocycles. The van der Waals surface area contributed by atoms with Crippen LogP contribution in [0.5, 0.6) is 0 Å². The van der Waals surface area contributed by atoms with Gasteiger partial charge >= 0.3 is 6.18 Å². The molecule has 0 saturated heterocycles. The predicted octanol–water partition coefficient (Wildman–Crippen LogP) is 1.11. The Morgan fingerprint density at radius 3 is 2.09 bits per heavy atom. The van der Waals surface area contributed by atoms with E-state index in [4.69, 9.17) is 0 Å². The smallest absolute Gasteiger partial charge is 0.224 e. The highest BCUT2D eigenvalue weighted by molar-refractivity contribution is 7.94. The first-order valence-corrected chi connectivity index (χ1v) is 4.50. The molecule has 1 aliphatic heterocycles. The molecule has 0 N–H and O–H groups in total. The van der Waals surface area contributed by atoms with Crippen molar-refractivity contribution in [3.05, 3.63) is 11.5 Å². The first kappa shape index (κ1) is 8.58. The van der Waals surface area contributed by atoms with Crippen LogP contribution < -0.4 is 0 Å². The molecule has 0 fully saturated rings. The molecule has 6 heteroatoms. The van der Waals surface area contributed by atoms with Crippen LogP contribution in [0.1, 0.15) is 0 Å². The summed E-state index contributed by atoms with van der Waals surface area (Å²) < 4.78 is 56.4. The van der Waals surface area contributed by atoms with Crippen molar-refractivity contribution < 1.29 is 21.6 Å². The highest BCUT2D eigenvalue weighted by Crippen LogP contribution is 2.32. The average Bonchev–Trinajstić information content (AvgIpc) is 2.07. The Bertz CT molecular complexity index is 275. The number of rotatable bonds is 0. The van der Waals surface area contributed by atoms with Crippen LogP contribution in [0.3, 0.4) is 0 Å². The van der Waals surface area contributed by atoms with Crippen molar-refractivity contribution in [2.24, 2.45) is 5.92 Å². The van der Waals surface area contributed by atoms with Crippen molar-refractivity contribution in [1.82, 2.24) is 0 Å². The van der Waals surface area contributed by atoms with Gasteiger partial charge in [0.1, 0.15) is 0 Å². The van der Waals surface area contributed by atoms with Gasteiger partial charge in [-0.05, 0) is 0 Å². The molecule has 0 bridgehead atoms. The second-order valence-electron chi connectivity index (χ2n) is 2.31. The van der Waals surface area contributed by atoms with Gasteiger partial charge in [0, 0.05) is 5.41 Å². The molecule has 1 unspecified atom stereocenters. The predicted molar refractivity (Wildman–Crippen MR) is 32.5 cm³/mol. The highest BCUT2D eigenvalue weighted by Gasteiger charge is 2.43. The summed E-state index contributed by atoms with van der Waals surface area (Å²) in [5.74, 6) is -2.65. The summed E-state index contributed by atoms with van der Waals surface area (Å²) in [7, 11) is -3.58. The number of sulfone groups is 1. The van der Waals surface area contributed by atoms with Crippen molar-refractivity contribution >= 4 is 9.84 Å². The third kappa shape index (κ3) is 1.95. The third-order valence-electron chi connectivity index (χ3n) is 1.35. The van der Waals surface area contributed by atoms with Crippen molar-refractivity contribution in [1.29, 1.82) is 0 Å². The first-order chi connectivity index (χ1) is 4.81. The largest absolute Gasteiger partial charge is 0.396 e. The van der Waals surface area contributed by atoms with Gasteiger partial charge < -0.3 is 0 Å². The van der Waals surface area contributed by atoms with Crippen LogP contribution in [0.4, 0.5) is 13.2 Å². The van der Waals surface area contributed by atoms with Crippen LogP contribution in [0, 0.1) is 5.92 Å². The van der Waals surface area contributed by atoms with E-state index in [0.717, 1.165) is 0 Å². The summed E-state index contributed by atoms with van der Waals surface area (Å²) in [6.45, 7) is 0. The lowest BCUT2D eigenvalue weighted by Crippen LogP contribution is -2.23. The third-order valence-corrected chi connectivity index (χ3v) is 2.75. The van der Waals surface area contributed by atoms with Gasteiger partial charge in [-0.3, -0.25) is 0 Å². The maximum absolute atomic E-state index is 11.8. The maximum atomic E-state index is 11.8. The van der Waals surface area contributed by atoms with Gasteiger partial charge in [-0.25, -0.2) is 8.42 Å². The standard InChI is InChI=1S/C5H5F3O2S/c6-5(7,8)4-1-2-11(9,10)3-4/h1-2,4H,3H2. The number of halogens is 3. The summed E-state index contributed by atoms with van der Waals surface area (Å²) in [6.07, 6.45) is -3.75. The van der Waals surface area contributed by atoms with Crippen LogP contribution in [-0.2, 0) is 9.84 Å². The van der Waals surface area contributed by atoms with E-state index in [1.165, 1.54) is 0 Å².